The van der Waals surface area contributed by atoms with E-state index in [0.29, 0.717) is 6.54 Å². The van der Waals surface area contributed by atoms with E-state index in [4.69, 9.17) is 24.9 Å². The lowest BCUT2D eigenvalue weighted by Gasteiger charge is -2.19. The maximum atomic E-state index is 5.94. The molecular formula is C21H25N3O3. The van der Waals surface area contributed by atoms with Gasteiger partial charge in [0.1, 0.15) is 0 Å². The first kappa shape index (κ1) is 17.7. The number of aromatic nitrogens is 1. The van der Waals surface area contributed by atoms with Crippen LogP contribution in [0.1, 0.15) is 24.1 Å². The molecule has 0 unspecified atom stereocenters. The van der Waals surface area contributed by atoms with Crippen LogP contribution in [0.5, 0.6) is 11.5 Å². The van der Waals surface area contributed by atoms with Crippen molar-refractivity contribution in [2.75, 3.05) is 20.0 Å². The van der Waals surface area contributed by atoms with Crippen LogP contribution in [0, 0.1) is 6.92 Å². The molecule has 1 fully saturated rings. The molecule has 0 aliphatic carbocycles. The van der Waals surface area contributed by atoms with Gasteiger partial charge in [-0.2, -0.15) is 0 Å². The number of nitrogens with two attached hydrogens (primary N) is 1. The normalized spacial score (nSPS) is 18.3. The minimum atomic E-state index is 0.278. The lowest BCUT2D eigenvalue weighted by Crippen LogP contribution is -2.47. The predicted molar refractivity (Wildman–Crippen MR) is 104 cm³/mol. The van der Waals surface area contributed by atoms with E-state index >= 15 is 0 Å². The second-order valence-corrected chi connectivity index (χ2v) is 6.94. The van der Waals surface area contributed by atoms with Gasteiger partial charge in [-0.05, 0) is 43.5 Å². The second-order valence-electron chi connectivity index (χ2n) is 6.94. The van der Waals surface area contributed by atoms with E-state index in [-0.39, 0.29) is 12.8 Å². The average Bonchev–Trinajstić information content (AvgIpc) is 3.14. The molecule has 0 saturated carbocycles. The molecule has 2 aliphatic rings. The number of benzene rings is 1. The Morgan fingerprint density at radius 1 is 1.22 bits per heavy atom. The van der Waals surface area contributed by atoms with Crippen molar-refractivity contribution in [2.45, 2.75) is 32.4 Å². The van der Waals surface area contributed by atoms with Gasteiger partial charge in [-0.3, -0.25) is 4.99 Å². The quantitative estimate of drug-likeness (QED) is 0.870. The van der Waals surface area contributed by atoms with E-state index in [1.165, 1.54) is 0 Å². The average molecular weight is 367 g/mol. The molecule has 0 radical (unpaired) electrons. The Bertz CT molecular complexity index is 1020. The van der Waals surface area contributed by atoms with Gasteiger partial charge < -0.3 is 24.5 Å². The van der Waals surface area contributed by atoms with Crippen LogP contribution in [0.25, 0.3) is 12.8 Å². The number of aryl methyl sites for hydroxylation is 1. The topological polar surface area (TPSA) is 71.0 Å². The molecule has 2 aromatic rings. The summed E-state index contributed by atoms with van der Waals surface area (Å²) in [6.45, 7) is 8.85. The highest BCUT2D eigenvalue weighted by molar-refractivity contribution is 5.44. The van der Waals surface area contributed by atoms with Crippen molar-refractivity contribution in [1.82, 2.24) is 4.57 Å². The molecule has 3 heterocycles. The highest BCUT2D eigenvalue weighted by Gasteiger charge is 2.14. The number of pyridine rings is 1. The van der Waals surface area contributed by atoms with E-state index < -0.39 is 0 Å². The minimum absolute atomic E-state index is 0.278. The summed E-state index contributed by atoms with van der Waals surface area (Å²) in [6.07, 6.45) is 3.50. The Kier molecular flexibility index (Phi) is 4.90. The molecule has 0 amide bonds. The van der Waals surface area contributed by atoms with E-state index in [0.717, 1.165) is 64.7 Å². The largest absolute Gasteiger partial charge is 0.454 e. The molecule has 6 nitrogen and oxygen atoms in total. The summed E-state index contributed by atoms with van der Waals surface area (Å²) >= 11 is 0. The van der Waals surface area contributed by atoms with Crippen LogP contribution in [0.4, 0.5) is 0 Å². The summed E-state index contributed by atoms with van der Waals surface area (Å²) in [5.74, 6) is 1.57. The minimum Gasteiger partial charge on any atom is -0.454 e. The third-order valence-corrected chi connectivity index (χ3v) is 5.14. The number of nitrogens with zero attached hydrogens (tertiary/aromatic N) is 2. The van der Waals surface area contributed by atoms with Crippen molar-refractivity contribution in [1.29, 1.82) is 0 Å². The highest BCUT2D eigenvalue weighted by atomic mass is 16.7. The maximum absolute atomic E-state index is 5.94. The molecule has 2 aliphatic heterocycles. The zero-order valence-electron chi connectivity index (χ0n) is 15.6. The Morgan fingerprint density at radius 3 is 2.78 bits per heavy atom. The zero-order valence-corrected chi connectivity index (χ0v) is 15.6. The fourth-order valence-electron chi connectivity index (χ4n) is 3.60. The summed E-state index contributed by atoms with van der Waals surface area (Å²) in [5, 5.41) is 2.66. The standard InChI is InChI=1S/C21H25N3O3/c1-14-9-19(23-17-5-7-25-8-6-17)18(11-22)15(2)24(14)12-16-3-4-20-21(10-16)27-13-26-20/h3-4,9-11,17H,2,5-8,12-13,22H2,1H3. The van der Waals surface area contributed by atoms with Crippen LogP contribution in [-0.4, -0.2) is 30.6 Å². The summed E-state index contributed by atoms with van der Waals surface area (Å²) in [5.41, 5.74) is 8.15. The molecule has 6 heteroatoms. The molecule has 1 aromatic heterocycles. The summed E-state index contributed by atoms with van der Waals surface area (Å²) in [6, 6.07) is 8.38. The van der Waals surface area contributed by atoms with Gasteiger partial charge in [0, 0.05) is 42.2 Å². The molecule has 0 bridgehead atoms. The van der Waals surface area contributed by atoms with Crippen molar-refractivity contribution in [3.63, 3.8) is 0 Å². The number of fused-ring (bicyclic) bond motifs is 1. The molecule has 4 rings (SSSR count). The summed E-state index contributed by atoms with van der Waals surface area (Å²) in [7, 11) is 0. The third-order valence-electron chi connectivity index (χ3n) is 5.14. The van der Waals surface area contributed by atoms with Gasteiger partial charge in [-0.15, -0.1) is 0 Å². The first-order valence-corrected chi connectivity index (χ1v) is 9.27. The first-order valence-electron chi connectivity index (χ1n) is 9.27. The SMILES string of the molecule is C=c1c(=CN)c(=NC2CCOCC2)cc(C)n1Cc1ccc2c(c1)OCO2. The van der Waals surface area contributed by atoms with Crippen molar-refractivity contribution in [2.24, 2.45) is 10.7 Å². The molecular weight excluding hydrogens is 342 g/mol. The van der Waals surface area contributed by atoms with Gasteiger partial charge in [0.15, 0.2) is 11.5 Å². The fourth-order valence-corrected chi connectivity index (χ4v) is 3.60. The molecule has 27 heavy (non-hydrogen) atoms. The van der Waals surface area contributed by atoms with E-state index in [1.54, 1.807) is 6.20 Å². The van der Waals surface area contributed by atoms with Crippen molar-refractivity contribution in [3.05, 3.63) is 51.4 Å². The predicted octanol–water partition coefficient (Wildman–Crippen LogP) is 0.760. The molecule has 1 saturated heterocycles. The van der Waals surface area contributed by atoms with E-state index in [2.05, 4.69) is 24.1 Å². The lowest BCUT2D eigenvalue weighted by molar-refractivity contribution is 0.0863. The van der Waals surface area contributed by atoms with Crippen LogP contribution in [0.15, 0.2) is 29.3 Å². The second kappa shape index (κ2) is 7.48. The number of ether oxygens (including phenoxy) is 3. The Labute approximate surface area is 158 Å². The van der Waals surface area contributed by atoms with Gasteiger partial charge in [-0.1, -0.05) is 12.6 Å². The van der Waals surface area contributed by atoms with Crippen molar-refractivity contribution in [3.8, 4) is 11.5 Å². The van der Waals surface area contributed by atoms with Gasteiger partial charge in [0.05, 0.1) is 11.4 Å². The van der Waals surface area contributed by atoms with Gasteiger partial charge in [0.2, 0.25) is 6.79 Å². The molecule has 0 spiro atoms. The maximum Gasteiger partial charge on any atom is 0.231 e. The van der Waals surface area contributed by atoms with Crippen LogP contribution in [0.2, 0.25) is 0 Å². The van der Waals surface area contributed by atoms with E-state index in [1.807, 2.05) is 18.2 Å². The number of rotatable bonds is 3. The Morgan fingerprint density at radius 2 is 2.00 bits per heavy atom. The van der Waals surface area contributed by atoms with Crippen molar-refractivity contribution < 1.29 is 14.2 Å². The van der Waals surface area contributed by atoms with Crippen LogP contribution < -0.4 is 31.1 Å². The molecule has 1 aromatic carbocycles. The molecule has 2 N–H and O–H groups in total. The summed E-state index contributed by atoms with van der Waals surface area (Å²) in [4.78, 5) is 4.92. The van der Waals surface area contributed by atoms with Crippen LogP contribution in [0.3, 0.4) is 0 Å². The number of hydrogen-bond donors (Lipinski definition) is 1. The van der Waals surface area contributed by atoms with Crippen LogP contribution >= 0.6 is 0 Å². The smallest absolute Gasteiger partial charge is 0.231 e. The molecule has 0 atom stereocenters. The first-order chi connectivity index (χ1) is 13.2. The Balaban J connectivity index is 1.72. The van der Waals surface area contributed by atoms with Gasteiger partial charge in [0.25, 0.3) is 0 Å². The zero-order chi connectivity index (χ0) is 18.8. The summed E-state index contributed by atoms with van der Waals surface area (Å²) < 4.78 is 18.5. The fraction of sp³-hybridized carbons (Fsp3) is 0.381. The van der Waals surface area contributed by atoms with Crippen LogP contribution in [-0.2, 0) is 11.3 Å². The van der Waals surface area contributed by atoms with Gasteiger partial charge >= 0.3 is 0 Å². The highest BCUT2D eigenvalue weighted by Crippen LogP contribution is 2.32. The monoisotopic (exact) mass is 367 g/mol. The third kappa shape index (κ3) is 3.57. The van der Waals surface area contributed by atoms with E-state index in [9.17, 15) is 0 Å². The Hall–Kier alpha value is -2.73. The van der Waals surface area contributed by atoms with Crippen molar-refractivity contribution >= 4 is 12.8 Å². The lowest BCUT2D eigenvalue weighted by atomic mass is 10.1. The van der Waals surface area contributed by atoms with Gasteiger partial charge in [-0.25, -0.2) is 0 Å². The number of hydrogen-bond acceptors (Lipinski definition) is 5. The molecule has 142 valence electrons.